The Morgan fingerprint density at radius 1 is 1.29 bits per heavy atom. The molecule has 0 aliphatic heterocycles. The van der Waals surface area contributed by atoms with Crippen LogP contribution in [-0.4, -0.2) is 16.0 Å². The third-order valence-electron chi connectivity index (χ3n) is 3.03. The number of hydrogen-bond acceptors (Lipinski definition) is 6. The Labute approximate surface area is 125 Å². The monoisotopic (exact) mass is 289 g/mol. The maximum absolute atomic E-state index is 5.49. The Kier molecular flexibility index (Phi) is 4.47. The van der Waals surface area contributed by atoms with Crippen molar-refractivity contribution in [2.24, 2.45) is 5.84 Å². The summed E-state index contributed by atoms with van der Waals surface area (Å²) in [6.45, 7) is 8.28. The lowest BCUT2D eigenvalue weighted by atomic mass is 9.96. The van der Waals surface area contributed by atoms with Crippen molar-refractivity contribution in [1.29, 1.82) is 0 Å². The van der Waals surface area contributed by atoms with Gasteiger partial charge in [0.2, 0.25) is 0 Å². The molecule has 0 aromatic carbocycles. The molecule has 2 aromatic rings. The highest BCUT2D eigenvalue weighted by atomic mass is 16.3. The molecule has 0 saturated heterocycles. The first kappa shape index (κ1) is 15.3. The number of furan rings is 1. The average Bonchev–Trinajstić information content (AvgIpc) is 2.89. The second kappa shape index (κ2) is 6.13. The maximum atomic E-state index is 5.49. The third-order valence-corrected chi connectivity index (χ3v) is 3.03. The molecule has 0 aliphatic carbocycles. The summed E-state index contributed by atoms with van der Waals surface area (Å²) < 4.78 is 5.36. The van der Waals surface area contributed by atoms with E-state index in [0.29, 0.717) is 5.82 Å². The minimum atomic E-state index is -0.145. The summed E-state index contributed by atoms with van der Waals surface area (Å²) in [6.07, 6.45) is 2.47. The van der Waals surface area contributed by atoms with Gasteiger partial charge in [-0.2, -0.15) is 0 Å². The number of nitrogens with zero attached hydrogens (tertiary/aromatic N) is 2. The zero-order chi connectivity index (χ0) is 15.5. The van der Waals surface area contributed by atoms with Gasteiger partial charge in [-0.05, 0) is 19.1 Å². The molecular weight excluding hydrogens is 266 g/mol. The first-order chi connectivity index (χ1) is 9.88. The third kappa shape index (κ3) is 4.19. The van der Waals surface area contributed by atoms with Crippen molar-refractivity contribution in [2.45, 2.75) is 45.6 Å². The van der Waals surface area contributed by atoms with Crippen molar-refractivity contribution < 1.29 is 4.42 Å². The van der Waals surface area contributed by atoms with Crippen molar-refractivity contribution in [3.05, 3.63) is 36.0 Å². The fraction of sp³-hybridized carbons (Fsp3) is 0.467. The molecule has 2 rings (SSSR count). The van der Waals surface area contributed by atoms with Gasteiger partial charge in [0.25, 0.3) is 0 Å². The molecule has 114 valence electrons. The number of aromatic nitrogens is 2. The summed E-state index contributed by atoms with van der Waals surface area (Å²) in [4.78, 5) is 8.97. The van der Waals surface area contributed by atoms with E-state index in [4.69, 9.17) is 10.3 Å². The minimum absolute atomic E-state index is 0.145. The fourth-order valence-electron chi connectivity index (χ4n) is 1.96. The lowest BCUT2D eigenvalue weighted by molar-refractivity contribution is 0.497. The molecule has 0 spiro atoms. The van der Waals surface area contributed by atoms with Gasteiger partial charge < -0.3 is 15.2 Å². The molecule has 21 heavy (non-hydrogen) atoms. The molecule has 0 radical (unpaired) electrons. The number of hydrazine groups is 1. The van der Waals surface area contributed by atoms with Crippen LogP contribution in [0.3, 0.4) is 0 Å². The highest BCUT2D eigenvalue weighted by Gasteiger charge is 2.19. The van der Waals surface area contributed by atoms with Crippen LogP contribution < -0.4 is 16.6 Å². The van der Waals surface area contributed by atoms with Crippen LogP contribution in [0.1, 0.15) is 39.3 Å². The van der Waals surface area contributed by atoms with Crippen LogP contribution in [0.2, 0.25) is 0 Å². The Bertz CT molecular complexity index is 574. The number of anilines is 2. The first-order valence-corrected chi connectivity index (χ1v) is 7.03. The molecule has 2 aromatic heterocycles. The molecule has 0 aliphatic rings. The summed E-state index contributed by atoms with van der Waals surface area (Å²) in [7, 11) is 0. The van der Waals surface area contributed by atoms with Crippen molar-refractivity contribution in [2.75, 3.05) is 10.7 Å². The Morgan fingerprint density at radius 3 is 2.57 bits per heavy atom. The fourth-order valence-corrected chi connectivity index (χ4v) is 1.96. The molecule has 6 nitrogen and oxygen atoms in total. The SMILES string of the molecule is CC(Cc1ccco1)Nc1cc(NN)nc(C(C)(C)C)n1. The predicted octanol–water partition coefficient (Wildman–Crippen LogP) is 2.70. The van der Waals surface area contributed by atoms with Gasteiger partial charge in [0.05, 0.1) is 6.26 Å². The Balaban J connectivity index is 2.15. The van der Waals surface area contributed by atoms with E-state index >= 15 is 0 Å². The summed E-state index contributed by atoms with van der Waals surface area (Å²) in [5.74, 6) is 8.52. The van der Waals surface area contributed by atoms with E-state index in [9.17, 15) is 0 Å². The first-order valence-electron chi connectivity index (χ1n) is 7.03. The number of rotatable bonds is 5. The van der Waals surface area contributed by atoms with Crippen LogP contribution in [0.4, 0.5) is 11.6 Å². The molecule has 4 N–H and O–H groups in total. The van der Waals surface area contributed by atoms with Gasteiger partial charge in [-0.3, -0.25) is 0 Å². The second-order valence-electron chi connectivity index (χ2n) is 6.19. The normalized spacial score (nSPS) is 13.0. The van der Waals surface area contributed by atoms with Gasteiger partial charge in [0.1, 0.15) is 23.2 Å². The molecule has 6 heteroatoms. The number of nitrogens with two attached hydrogens (primary N) is 1. The molecule has 0 amide bonds. The highest BCUT2D eigenvalue weighted by Crippen LogP contribution is 2.22. The van der Waals surface area contributed by atoms with Gasteiger partial charge >= 0.3 is 0 Å². The Hall–Kier alpha value is -2.08. The van der Waals surface area contributed by atoms with Gasteiger partial charge in [0.15, 0.2) is 0 Å². The van der Waals surface area contributed by atoms with Gasteiger partial charge in [0, 0.05) is 23.9 Å². The van der Waals surface area contributed by atoms with Crippen molar-refractivity contribution in [1.82, 2.24) is 9.97 Å². The topological polar surface area (TPSA) is 89.0 Å². The molecule has 1 atom stereocenters. The minimum Gasteiger partial charge on any atom is -0.469 e. The van der Waals surface area contributed by atoms with E-state index in [1.54, 1.807) is 12.3 Å². The van der Waals surface area contributed by atoms with Crippen LogP contribution in [-0.2, 0) is 11.8 Å². The molecule has 0 bridgehead atoms. The molecular formula is C15H23N5O. The Morgan fingerprint density at radius 2 is 2.00 bits per heavy atom. The zero-order valence-electron chi connectivity index (χ0n) is 13.0. The summed E-state index contributed by atoms with van der Waals surface area (Å²) >= 11 is 0. The van der Waals surface area contributed by atoms with Crippen LogP contribution in [0, 0.1) is 0 Å². The van der Waals surface area contributed by atoms with E-state index in [1.165, 1.54) is 0 Å². The molecule has 0 fully saturated rings. The van der Waals surface area contributed by atoms with Crippen molar-refractivity contribution in [3.8, 4) is 0 Å². The van der Waals surface area contributed by atoms with Crippen LogP contribution >= 0.6 is 0 Å². The van der Waals surface area contributed by atoms with E-state index in [1.807, 2.05) is 12.1 Å². The lowest BCUT2D eigenvalue weighted by Crippen LogP contribution is -2.23. The maximum Gasteiger partial charge on any atom is 0.145 e. The molecule has 2 heterocycles. The van der Waals surface area contributed by atoms with E-state index in [-0.39, 0.29) is 11.5 Å². The van der Waals surface area contributed by atoms with E-state index in [2.05, 4.69) is 48.4 Å². The average molecular weight is 289 g/mol. The van der Waals surface area contributed by atoms with Crippen LogP contribution in [0.5, 0.6) is 0 Å². The van der Waals surface area contributed by atoms with Gasteiger partial charge in [-0.1, -0.05) is 20.8 Å². The summed E-state index contributed by atoms with van der Waals surface area (Å²) in [5, 5.41) is 3.36. The quantitative estimate of drug-likeness (QED) is 0.579. The summed E-state index contributed by atoms with van der Waals surface area (Å²) in [5.41, 5.74) is 2.44. The smallest absolute Gasteiger partial charge is 0.145 e. The lowest BCUT2D eigenvalue weighted by Gasteiger charge is -2.20. The van der Waals surface area contributed by atoms with E-state index < -0.39 is 0 Å². The number of nitrogen functional groups attached to an aromatic ring is 1. The van der Waals surface area contributed by atoms with Crippen LogP contribution in [0.25, 0.3) is 0 Å². The highest BCUT2D eigenvalue weighted by molar-refractivity contribution is 5.48. The van der Waals surface area contributed by atoms with Gasteiger partial charge in [-0.25, -0.2) is 15.8 Å². The largest absolute Gasteiger partial charge is 0.469 e. The summed E-state index contributed by atoms with van der Waals surface area (Å²) in [6, 6.07) is 5.84. The number of nitrogens with one attached hydrogen (secondary N) is 2. The van der Waals surface area contributed by atoms with E-state index in [0.717, 1.165) is 23.8 Å². The predicted molar refractivity (Wildman–Crippen MR) is 84.0 cm³/mol. The van der Waals surface area contributed by atoms with Crippen molar-refractivity contribution >= 4 is 11.6 Å². The van der Waals surface area contributed by atoms with Gasteiger partial charge in [-0.15, -0.1) is 0 Å². The van der Waals surface area contributed by atoms with Crippen LogP contribution in [0.15, 0.2) is 28.9 Å². The number of hydrogen-bond donors (Lipinski definition) is 3. The van der Waals surface area contributed by atoms with Crippen molar-refractivity contribution in [3.63, 3.8) is 0 Å². The second-order valence-corrected chi connectivity index (χ2v) is 6.19. The zero-order valence-corrected chi connectivity index (χ0v) is 13.0. The standard InChI is InChI=1S/C15H23N5O/c1-10(8-11-6-5-7-21-11)17-12-9-13(20-16)19-14(18-12)15(2,3)4/h5-7,9-10H,8,16H2,1-4H3,(H2,17,18,19,20). The molecule has 0 saturated carbocycles. The molecule has 1 unspecified atom stereocenters.